The van der Waals surface area contributed by atoms with E-state index in [1.54, 1.807) is 0 Å². The first kappa shape index (κ1) is 26.6. The molecule has 14 nitrogen and oxygen atoms in total. The standard InChI is InChI=1S/C18H31N7O7/c1-9(16(30)25-7-3-5-12(25)17(31)32)23-15(29)11(8-13(26)27)24-14(28)10(19)4-2-6-22-18(20)21/h9-12H,2-8,19H2,1H3,(H,23,29)(H,24,28)(H,26,27)(H,31,32)(H4,20,21,22). The van der Waals surface area contributed by atoms with E-state index >= 15 is 0 Å². The largest absolute Gasteiger partial charge is 0.481 e. The van der Waals surface area contributed by atoms with Crippen LogP contribution in [0, 0.1) is 0 Å². The zero-order valence-electron chi connectivity index (χ0n) is 17.8. The van der Waals surface area contributed by atoms with Gasteiger partial charge in [0.15, 0.2) is 5.96 Å². The first-order valence-electron chi connectivity index (χ1n) is 10.1. The summed E-state index contributed by atoms with van der Waals surface area (Å²) in [5, 5.41) is 22.9. The molecule has 4 atom stereocenters. The zero-order valence-corrected chi connectivity index (χ0v) is 17.8. The number of aliphatic imine (C=N–C) groups is 1. The van der Waals surface area contributed by atoms with Crippen LogP contribution in [0.15, 0.2) is 4.99 Å². The van der Waals surface area contributed by atoms with Crippen LogP contribution in [0.25, 0.3) is 0 Å². The Morgan fingerprint density at radius 1 is 1.12 bits per heavy atom. The van der Waals surface area contributed by atoms with E-state index in [9.17, 15) is 29.1 Å². The van der Waals surface area contributed by atoms with Crippen LogP contribution in [-0.4, -0.2) is 88.0 Å². The van der Waals surface area contributed by atoms with Gasteiger partial charge >= 0.3 is 11.9 Å². The van der Waals surface area contributed by atoms with Gasteiger partial charge in [0.25, 0.3) is 0 Å². The number of likely N-dealkylation sites (tertiary alicyclic amines) is 1. The molecule has 1 aliphatic heterocycles. The number of hydrogen-bond acceptors (Lipinski definition) is 7. The van der Waals surface area contributed by atoms with Crippen molar-refractivity contribution in [3.05, 3.63) is 0 Å². The van der Waals surface area contributed by atoms with E-state index in [1.165, 1.54) is 6.92 Å². The predicted octanol–water partition coefficient (Wildman–Crippen LogP) is -3.09. The van der Waals surface area contributed by atoms with Crippen molar-refractivity contribution in [1.82, 2.24) is 15.5 Å². The second-order valence-corrected chi connectivity index (χ2v) is 7.47. The number of carboxylic acid groups (broad SMARTS) is 2. The molecule has 32 heavy (non-hydrogen) atoms. The highest BCUT2D eigenvalue weighted by atomic mass is 16.4. The van der Waals surface area contributed by atoms with Crippen LogP contribution in [0.1, 0.15) is 39.0 Å². The number of rotatable bonds is 12. The Balaban J connectivity index is 2.71. The Bertz CT molecular complexity index is 754. The molecule has 180 valence electrons. The molecule has 0 aromatic rings. The maximum atomic E-state index is 12.6. The number of carbonyl (C=O) groups is 5. The van der Waals surface area contributed by atoms with E-state index in [2.05, 4.69) is 15.6 Å². The summed E-state index contributed by atoms with van der Waals surface area (Å²) in [6.07, 6.45) is 0.655. The van der Waals surface area contributed by atoms with Crippen LogP contribution in [0.2, 0.25) is 0 Å². The number of nitrogens with two attached hydrogens (primary N) is 3. The third kappa shape index (κ3) is 8.37. The van der Waals surface area contributed by atoms with Gasteiger partial charge in [-0.15, -0.1) is 0 Å². The summed E-state index contributed by atoms with van der Waals surface area (Å²) < 4.78 is 0. The fourth-order valence-electron chi connectivity index (χ4n) is 3.22. The molecule has 0 aromatic carbocycles. The molecule has 1 saturated heterocycles. The van der Waals surface area contributed by atoms with Crippen molar-refractivity contribution in [2.24, 2.45) is 22.2 Å². The van der Waals surface area contributed by atoms with Gasteiger partial charge in [-0.2, -0.15) is 0 Å². The fourth-order valence-corrected chi connectivity index (χ4v) is 3.22. The first-order chi connectivity index (χ1) is 14.9. The number of nitrogens with one attached hydrogen (secondary N) is 2. The molecule has 0 bridgehead atoms. The van der Waals surface area contributed by atoms with Crippen molar-refractivity contribution in [2.45, 2.75) is 63.2 Å². The monoisotopic (exact) mass is 457 g/mol. The molecule has 1 aliphatic rings. The van der Waals surface area contributed by atoms with E-state index in [0.29, 0.717) is 19.3 Å². The predicted molar refractivity (Wildman–Crippen MR) is 112 cm³/mol. The minimum Gasteiger partial charge on any atom is -0.481 e. The summed E-state index contributed by atoms with van der Waals surface area (Å²) in [7, 11) is 0. The fraction of sp³-hybridized carbons (Fsp3) is 0.667. The van der Waals surface area contributed by atoms with Gasteiger partial charge in [-0.25, -0.2) is 4.79 Å². The lowest BCUT2D eigenvalue weighted by atomic mass is 10.1. The maximum Gasteiger partial charge on any atom is 0.326 e. The van der Waals surface area contributed by atoms with Crippen LogP contribution in [-0.2, 0) is 24.0 Å². The molecule has 0 radical (unpaired) electrons. The highest BCUT2D eigenvalue weighted by Gasteiger charge is 2.37. The van der Waals surface area contributed by atoms with E-state index in [0.717, 1.165) is 4.90 Å². The Morgan fingerprint density at radius 2 is 1.78 bits per heavy atom. The van der Waals surface area contributed by atoms with Crippen molar-refractivity contribution in [1.29, 1.82) is 0 Å². The number of carboxylic acids is 2. The summed E-state index contributed by atoms with van der Waals surface area (Å²) in [5.74, 6) is -4.86. The molecule has 1 fully saturated rings. The van der Waals surface area contributed by atoms with E-state index in [-0.39, 0.29) is 25.5 Å². The van der Waals surface area contributed by atoms with Crippen molar-refractivity contribution >= 4 is 35.6 Å². The van der Waals surface area contributed by atoms with Crippen LogP contribution in [0.5, 0.6) is 0 Å². The SMILES string of the molecule is CC(NC(=O)C(CC(=O)O)NC(=O)C(N)CCCN=C(N)N)C(=O)N1CCCC1C(=O)O. The first-order valence-corrected chi connectivity index (χ1v) is 10.1. The molecule has 10 N–H and O–H groups in total. The maximum absolute atomic E-state index is 12.6. The molecule has 0 aromatic heterocycles. The summed E-state index contributed by atoms with van der Waals surface area (Å²) in [6.45, 7) is 1.84. The number of aliphatic carboxylic acids is 2. The van der Waals surface area contributed by atoms with Crippen molar-refractivity contribution in [3.8, 4) is 0 Å². The van der Waals surface area contributed by atoms with Crippen LogP contribution >= 0.6 is 0 Å². The molecular formula is C18H31N7O7. The minimum atomic E-state index is -1.48. The van der Waals surface area contributed by atoms with Crippen molar-refractivity contribution < 1.29 is 34.2 Å². The molecule has 3 amide bonds. The molecular weight excluding hydrogens is 426 g/mol. The number of nitrogens with zero attached hydrogens (tertiary/aromatic N) is 2. The molecule has 0 saturated carbocycles. The number of amides is 3. The molecule has 4 unspecified atom stereocenters. The summed E-state index contributed by atoms with van der Waals surface area (Å²) in [5.41, 5.74) is 16.2. The van der Waals surface area contributed by atoms with Crippen LogP contribution in [0.3, 0.4) is 0 Å². The van der Waals surface area contributed by atoms with E-state index in [1.807, 2.05) is 0 Å². The van der Waals surface area contributed by atoms with Gasteiger partial charge in [0.1, 0.15) is 18.1 Å². The molecule has 1 heterocycles. The van der Waals surface area contributed by atoms with Gasteiger partial charge in [0.2, 0.25) is 17.7 Å². The van der Waals surface area contributed by atoms with Gasteiger partial charge in [-0.3, -0.25) is 24.2 Å². The smallest absolute Gasteiger partial charge is 0.326 e. The normalized spacial score (nSPS) is 18.2. The van der Waals surface area contributed by atoms with Gasteiger partial charge in [-0.05, 0) is 32.6 Å². The Morgan fingerprint density at radius 3 is 2.34 bits per heavy atom. The van der Waals surface area contributed by atoms with Crippen LogP contribution < -0.4 is 27.8 Å². The van der Waals surface area contributed by atoms with Gasteiger partial charge in [0.05, 0.1) is 12.5 Å². The highest BCUT2D eigenvalue weighted by Crippen LogP contribution is 2.18. The molecule has 14 heteroatoms. The summed E-state index contributed by atoms with van der Waals surface area (Å²) in [6, 6.07) is -4.61. The zero-order chi connectivity index (χ0) is 24.4. The van der Waals surface area contributed by atoms with Crippen molar-refractivity contribution in [3.63, 3.8) is 0 Å². The lowest BCUT2D eigenvalue weighted by Crippen LogP contribution is -2.56. The lowest BCUT2D eigenvalue weighted by Gasteiger charge is -2.26. The number of guanidine groups is 1. The second kappa shape index (κ2) is 12.4. The number of hydrogen-bond donors (Lipinski definition) is 7. The third-order valence-corrected chi connectivity index (χ3v) is 4.87. The Hall–Kier alpha value is -3.42. The summed E-state index contributed by atoms with van der Waals surface area (Å²) in [4.78, 5) is 64.7. The minimum absolute atomic E-state index is 0.103. The quantitative estimate of drug-likeness (QED) is 0.0884. The molecule has 0 aliphatic carbocycles. The average molecular weight is 457 g/mol. The highest BCUT2D eigenvalue weighted by molar-refractivity contribution is 5.95. The Kier molecular flexibility index (Phi) is 10.3. The Labute approximate surface area is 184 Å². The number of carbonyl (C=O) groups excluding carboxylic acids is 3. The van der Waals surface area contributed by atoms with Gasteiger partial charge in [0, 0.05) is 13.1 Å². The van der Waals surface area contributed by atoms with Crippen molar-refractivity contribution in [2.75, 3.05) is 13.1 Å². The molecule has 0 spiro atoms. The average Bonchev–Trinajstić information content (AvgIpc) is 3.19. The van der Waals surface area contributed by atoms with Gasteiger partial charge < -0.3 is 42.9 Å². The lowest BCUT2D eigenvalue weighted by molar-refractivity contribution is -0.149. The summed E-state index contributed by atoms with van der Waals surface area (Å²) >= 11 is 0. The van der Waals surface area contributed by atoms with E-state index in [4.69, 9.17) is 22.3 Å². The second-order valence-electron chi connectivity index (χ2n) is 7.47. The topological polar surface area (TPSA) is 244 Å². The van der Waals surface area contributed by atoms with Crippen LogP contribution in [0.4, 0.5) is 0 Å². The third-order valence-electron chi connectivity index (χ3n) is 4.87. The van der Waals surface area contributed by atoms with Gasteiger partial charge in [-0.1, -0.05) is 0 Å². The molecule has 1 rings (SSSR count). The van der Waals surface area contributed by atoms with E-state index < -0.39 is 60.2 Å².